The van der Waals surface area contributed by atoms with Crippen LogP contribution in [0.4, 0.5) is 0 Å². The molecular weight excluding hydrogens is 332 g/mol. The van der Waals surface area contributed by atoms with E-state index in [1.54, 1.807) is 0 Å². The number of aliphatic carboxylic acids is 4. The quantitative estimate of drug-likeness (QED) is 0.272. The Kier molecular flexibility index (Phi) is 67.3. The third-order valence-electron chi connectivity index (χ3n) is 0.267. The maximum Gasteiger partial charge on any atom is 0.300 e. The third kappa shape index (κ3) is 88100. The lowest BCUT2D eigenvalue weighted by atomic mass is 10.7. The molecule has 0 aliphatic heterocycles. The Balaban J connectivity index is -0.0000000405. The summed E-state index contributed by atoms with van der Waals surface area (Å²) in [7, 11) is 0. The van der Waals surface area contributed by atoms with Crippen LogP contribution in [0.1, 0.15) is 27.7 Å². The molecule has 0 bridgehead atoms. The van der Waals surface area contributed by atoms with Crippen LogP contribution in [0.15, 0.2) is 0 Å². The van der Waals surface area contributed by atoms with Crippen molar-refractivity contribution >= 4 is 23.9 Å². The number of carboxylic acids is 4. The van der Waals surface area contributed by atoms with Crippen LogP contribution in [-0.2, 0) is 19.2 Å². The van der Waals surface area contributed by atoms with Gasteiger partial charge in [-0.25, -0.2) is 0 Å². The first kappa shape index (κ1) is 37.7. The molecule has 0 amide bonds. The molecule has 0 spiro atoms. The van der Waals surface area contributed by atoms with E-state index in [1.165, 1.54) is 0 Å². The highest BCUT2D eigenvalue weighted by Crippen LogP contribution is 1.43. The van der Waals surface area contributed by atoms with Gasteiger partial charge in [0.15, 0.2) is 0 Å². The van der Waals surface area contributed by atoms with Crippen molar-refractivity contribution in [3.8, 4) is 0 Å². The highest BCUT2D eigenvalue weighted by atomic mass is 16.4. The lowest BCUT2D eigenvalue weighted by Crippen LogP contribution is -2.11. The molecule has 148 valence electrons. The van der Waals surface area contributed by atoms with Crippen LogP contribution in [0.25, 0.3) is 0 Å². The molecule has 0 fully saturated rings. The van der Waals surface area contributed by atoms with Crippen molar-refractivity contribution in [2.45, 2.75) is 27.7 Å². The number of aliphatic hydroxyl groups is 2. The zero-order valence-electron chi connectivity index (χ0n) is 14.3. The van der Waals surface area contributed by atoms with Crippen LogP contribution in [0.5, 0.6) is 0 Å². The molecule has 0 aliphatic rings. The van der Waals surface area contributed by atoms with Crippen LogP contribution < -0.4 is 11.5 Å². The Morgan fingerprint density at radius 3 is 0.667 bits per heavy atom. The maximum atomic E-state index is 9.00. The van der Waals surface area contributed by atoms with Gasteiger partial charge in [0.1, 0.15) is 0 Å². The van der Waals surface area contributed by atoms with Crippen molar-refractivity contribution in [3.63, 3.8) is 0 Å². The molecule has 0 saturated carbocycles. The van der Waals surface area contributed by atoms with Gasteiger partial charge in [0.05, 0.1) is 13.2 Å². The molecule has 0 aliphatic carbocycles. The highest BCUT2D eigenvalue weighted by molar-refractivity contribution is 5.63. The van der Waals surface area contributed by atoms with Crippen molar-refractivity contribution in [2.24, 2.45) is 11.5 Å². The van der Waals surface area contributed by atoms with Crippen molar-refractivity contribution in [3.05, 3.63) is 0 Å². The van der Waals surface area contributed by atoms with E-state index >= 15 is 0 Å². The maximum absolute atomic E-state index is 9.00. The van der Waals surface area contributed by atoms with Crippen LogP contribution in [0.3, 0.4) is 0 Å². The minimum atomic E-state index is -0.833. The predicted octanol–water partition coefficient (Wildman–Crippen LogP) is -1.76. The Labute approximate surface area is 140 Å². The number of rotatable bonds is 2. The van der Waals surface area contributed by atoms with Crippen molar-refractivity contribution < 1.29 is 49.8 Å². The average Bonchev–Trinajstić information content (AvgIpc) is 2.36. The molecular formula is C12H30N2O10. The molecule has 0 aromatic heterocycles. The zero-order valence-corrected chi connectivity index (χ0v) is 14.3. The summed E-state index contributed by atoms with van der Waals surface area (Å²) < 4.78 is 0. The molecule has 0 aromatic carbocycles. The summed E-state index contributed by atoms with van der Waals surface area (Å²) in [5.74, 6) is -3.33. The summed E-state index contributed by atoms with van der Waals surface area (Å²) >= 11 is 0. The van der Waals surface area contributed by atoms with Crippen LogP contribution in [0, 0.1) is 0 Å². The van der Waals surface area contributed by atoms with Crippen LogP contribution in [0.2, 0.25) is 0 Å². The Morgan fingerprint density at radius 1 is 0.583 bits per heavy atom. The van der Waals surface area contributed by atoms with Crippen molar-refractivity contribution in [1.82, 2.24) is 0 Å². The second-order valence-electron chi connectivity index (χ2n) is 3.10. The summed E-state index contributed by atoms with van der Waals surface area (Å²) in [4.78, 5) is 36.0. The molecule has 0 rings (SSSR count). The van der Waals surface area contributed by atoms with Gasteiger partial charge in [0.2, 0.25) is 0 Å². The highest BCUT2D eigenvalue weighted by Gasteiger charge is 1.66. The largest absolute Gasteiger partial charge is 0.481 e. The first-order chi connectivity index (χ1) is 10.8. The Bertz CT molecular complexity index is 213. The second kappa shape index (κ2) is 42.8. The van der Waals surface area contributed by atoms with Gasteiger partial charge in [-0.2, -0.15) is 0 Å². The summed E-state index contributed by atoms with van der Waals surface area (Å²) in [6.07, 6.45) is 0. The molecule has 12 nitrogen and oxygen atoms in total. The minimum Gasteiger partial charge on any atom is -0.481 e. The van der Waals surface area contributed by atoms with Crippen LogP contribution in [-0.4, -0.2) is 80.8 Å². The number of carbonyl (C=O) groups is 4. The number of hydrogen-bond donors (Lipinski definition) is 8. The number of hydrogen-bond acceptors (Lipinski definition) is 8. The van der Waals surface area contributed by atoms with Crippen LogP contribution >= 0.6 is 0 Å². The van der Waals surface area contributed by atoms with Gasteiger partial charge in [0.25, 0.3) is 23.9 Å². The molecule has 10 N–H and O–H groups in total. The smallest absolute Gasteiger partial charge is 0.300 e. The van der Waals surface area contributed by atoms with E-state index in [0.29, 0.717) is 13.1 Å². The van der Waals surface area contributed by atoms with Gasteiger partial charge in [-0.05, 0) is 0 Å². The van der Waals surface area contributed by atoms with E-state index in [2.05, 4.69) is 0 Å². The third-order valence-corrected chi connectivity index (χ3v) is 0.267. The van der Waals surface area contributed by atoms with E-state index in [9.17, 15) is 0 Å². The van der Waals surface area contributed by atoms with Gasteiger partial charge in [-0.3, -0.25) is 19.2 Å². The summed E-state index contributed by atoms with van der Waals surface area (Å²) in [5.41, 5.74) is 9.81. The predicted molar refractivity (Wildman–Crippen MR) is 85.5 cm³/mol. The fourth-order valence-electron chi connectivity index (χ4n) is 0. The SMILES string of the molecule is CC(=O)O.CC(=O)O.CC(=O)O.CC(=O)O.NCCN.OCCO. The van der Waals surface area contributed by atoms with Crippen molar-refractivity contribution in [2.75, 3.05) is 26.3 Å². The van der Waals surface area contributed by atoms with Gasteiger partial charge in [0, 0.05) is 40.8 Å². The standard InChI is InChI=1S/C2H8N2.4C2H4O2.C2H6O2/c3-1-2-4;4*1-2(3)4;3-1-2-4/h1-4H2;4*1H3,(H,3,4);3-4H,1-2H2. The molecule has 0 atom stereocenters. The molecule has 0 unspecified atom stereocenters. The number of nitrogens with two attached hydrogens (primary N) is 2. The fourth-order valence-corrected chi connectivity index (χ4v) is 0. The molecule has 0 saturated heterocycles. The molecule has 12 heteroatoms. The normalized spacial score (nSPS) is 6.67. The first-order valence-electron chi connectivity index (χ1n) is 6.16. The topological polar surface area (TPSA) is 242 Å². The van der Waals surface area contributed by atoms with E-state index in [0.717, 1.165) is 27.7 Å². The Morgan fingerprint density at radius 2 is 0.667 bits per heavy atom. The second-order valence-corrected chi connectivity index (χ2v) is 3.10. The fraction of sp³-hybridized carbons (Fsp3) is 0.667. The van der Waals surface area contributed by atoms with Gasteiger partial charge >= 0.3 is 0 Å². The van der Waals surface area contributed by atoms with E-state index in [4.69, 9.17) is 61.3 Å². The minimum absolute atomic E-state index is 0.125. The zero-order chi connectivity index (χ0) is 21.1. The van der Waals surface area contributed by atoms with E-state index < -0.39 is 23.9 Å². The van der Waals surface area contributed by atoms with Gasteiger partial charge in [-0.15, -0.1) is 0 Å². The number of aliphatic hydroxyl groups excluding tert-OH is 2. The monoisotopic (exact) mass is 362 g/mol. The molecule has 0 aromatic rings. The average molecular weight is 362 g/mol. The molecule has 0 heterocycles. The molecule has 0 radical (unpaired) electrons. The van der Waals surface area contributed by atoms with Crippen molar-refractivity contribution in [1.29, 1.82) is 0 Å². The lowest BCUT2D eigenvalue weighted by molar-refractivity contribution is -0.135. The number of carboxylic acid groups (broad SMARTS) is 4. The van der Waals surface area contributed by atoms with Gasteiger partial charge in [-0.1, -0.05) is 0 Å². The molecule has 24 heavy (non-hydrogen) atoms. The Hall–Kier alpha value is -2.28. The summed E-state index contributed by atoms with van der Waals surface area (Å²) in [6.45, 7) is 5.28. The lowest BCUT2D eigenvalue weighted by Gasteiger charge is -1.72. The van der Waals surface area contributed by atoms with E-state index in [1.807, 2.05) is 0 Å². The summed E-state index contributed by atoms with van der Waals surface area (Å²) in [6, 6.07) is 0. The van der Waals surface area contributed by atoms with E-state index in [-0.39, 0.29) is 13.2 Å². The van der Waals surface area contributed by atoms with Gasteiger partial charge < -0.3 is 42.1 Å². The summed E-state index contributed by atoms with van der Waals surface area (Å²) in [5, 5.41) is 44.9. The first-order valence-corrected chi connectivity index (χ1v) is 6.16.